The molecule has 1 aromatic heterocycles. The van der Waals surface area contributed by atoms with E-state index in [1.54, 1.807) is 12.1 Å². The minimum Gasteiger partial charge on any atom is -0.322 e. The lowest BCUT2D eigenvalue weighted by molar-refractivity contribution is 0.102. The number of hydrogen-bond acceptors (Lipinski definition) is 3. The van der Waals surface area contributed by atoms with Crippen molar-refractivity contribution < 1.29 is 13.2 Å². The van der Waals surface area contributed by atoms with Gasteiger partial charge in [-0.2, -0.15) is 0 Å². The lowest BCUT2D eigenvalue weighted by Gasteiger charge is -2.13. The van der Waals surface area contributed by atoms with Crippen molar-refractivity contribution in [3.63, 3.8) is 0 Å². The zero-order chi connectivity index (χ0) is 19.8. The largest absolute Gasteiger partial charge is 0.322 e. The summed E-state index contributed by atoms with van der Waals surface area (Å²) in [6.45, 7) is 5.90. The van der Waals surface area contributed by atoms with Crippen molar-refractivity contribution in [2.75, 3.05) is 11.6 Å². The first-order valence-electron chi connectivity index (χ1n) is 8.55. The van der Waals surface area contributed by atoms with Crippen LogP contribution >= 0.6 is 0 Å². The molecule has 0 saturated heterocycles. The fourth-order valence-electron chi connectivity index (χ4n) is 3.18. The van der Waals surface area contributed by atoms with Crippen LogP contribution in [0.25, 0.3) is 5.69 Å². The van der Waals surface area contributed by atoms with Crippen molar-refractivity contribution in [1.82, 2.24) is 4.57 Å². The van der Waals surface area contributed by atoms with Crippen LogP contribution in [0.5, 0.6) is 0 Å². The van der Waals surface area contributed by atoms with Gasteiger partial charge in [-0.15, -0.1) is 0 Å². The quantitative estimate of drug-likeness (QED) is 0.740. The Morgan fingerprint density at radius 1 is 0.963 bits per heavy atom. The molecule has 0 radical (unpaired) electrons. The molecule has 0 aliphatic carbocycles. The van der Waals surface area contributed by atoms with E-state index in [9.17, 15) is 13.2 Å². The molecule has 3 aromatic rings. The molecule has 0 atom stereocenters. The molecule has 0 unspecified atom stereocenters. The van der Waals surface area contributed by atoms with Crippen molar-refractivity contribution in [2.45, 2.75) is 25.7 Å². The zero-order valence-electron chi connectivity index (χ0n) is 15.8. The average molecular weight is 382 g/mol. The summed E-state index contributed by atoms with van der Waals surface area (Å²) in [5.74, 6) is -0.270. The third-order valence-electron chi connectivity index (χ3n) is 4.55. The molecule has 6 heteroatoms. The summed E-state index contributed by atoms with van der Waals surface area (Å²) in [6.07, 6.45) is 1.14. The minimum absolute atomic E-state index is 0.172. The van der Waals surface area contributed by atoms with Crippen molar-refractivity contribution in [2.24, 2.45) is 0 Å². The van der Waals surface area contributed by atoms with Crippen LogP contribution in [0.4, 0.5) is 5.69 Å². The van der Waals surface area contributed by atoms with E-state index in [1.807, 2.05) is 51.1 Å². The van der Waals surface area contributed by atoms with Gasteiger partial charge in [-0.05, 0) is 56.7 Å². The van der Waals surface area contributed by atoms with Gasteiger partial charge in [0.15, 0.2) is 9.84 Å². The van der Waals surface area contributed by atoms with Gasteiger partial charge in [0.25, 0.3) is 5.91 Å². The van der Waals surface area contributed by atoms with E-state index >= 15 is 0 Å². The number of aryl methyl sites for hydroxylation is 2. The molecule has 0 fully saturated rings. The van der Waals surface area contributed by atoms with Crippen molar-refractivity contribution in [3.05, 3.63) is 77.1 Å². The Labute approximate surface area is 159 Å². The number of rotatable bonds is 4. The molecular formula is C21H22N2O3S. The van der Waals surface area contributed by atoms with Gasteiger partial charge in [-0.25, -0.2) is 8.42 Å². The van der Waals surface area contributed by atoms with Crippen LogP contribution in [0.3, 0.4) is 0 Å². The second kappa shape index (κ2) is 7.04. The average Bonchev–Trinajstić information content (AvgIpc) is 2.90. The van der Waals surface area contributed by atoms with E-state index in [1.165, 1.54) is 12.1 Å². The fourth-order valence-corrected chi connectivity index (χ4v) is 3.85. The van der Waals surface area contributed by atoms with E-state index in [4.69, 9.17) is 0 Å². The SMILES string of the molecule is Cc1ccccc1-n1c(C)cc(C(=O)Nc2cccc(S(C)(=O)=O)c2)c1C. The topological polar surface area (TPSA) is 68.2 Å². The van der Waals surface area contributed by atoms with Gasteiger partial charge in [0.2, 0.25) is 0 Å². The summed E-state index contributed by atoms with van der Waals surface area (Å²) < 4.78 is 25.5. The standard InChI is InChI=1S/C21H22N2O3S/c1-14-8-5-6-11-20(14)23-15(2)12-19(16(23)3)21(24)22-17-9-7-10-18(13-17)27(4,25)26/h5-13H,1-4H3,(H,22,24). The second-order valence-electron chi connectivity index (χ2n) is 6.66. The van der Waals surface area contributed by atoms with Crippen LogP contribution in [0.15, 0.2) is 59.5 Å². The molecule has 1 N–H and O–H groups in total. The van der Waals surface area contributed by atoms with Crippen LogP contribution in [0.2, 0.25) is 0 Å². The maximum Gasteiger partial charge on any atom is 0.257 e. The third kappa shape index (κ3) is 3.80. The van der Waals surface area contributed by atoms with Gasteiger partial charge in [-0.3, -0.25) is 4.79 Å². The third-order valence-corrected chi connectivity index (χ3v) is 5.66. The predicted octanol–water partition coefficient (Wildman–Crippen LogP) is 4.06. The van der Waals surface area contributed by atoms with Gasteiger partial charge in [0.05, 0.1) is 10.5 Å². The van der Waals surface area contributed by atoms with Gasteiger partial charge in [0.1, 0.15) is 0 Å². The number of anilines is 1. The minimum atomic E-state index is -3.33. The molecule has 1 amide bonds. The van der Waals surface area contributed by atoms with E-state index in [0.29, 0.717) is 11.3 Å². The van der Waals surface area contributed by atoms with Crippen LogP contribution in [-0.2, 0) is 9.84 Å². The summed E-state index contributed by atoms with van der Waals surface area (Å²) >= 11 is 0. The Morgan fingerprint density at radius 2 is 1.67 bits per heavy atom. The second-order valence-corrected chi connectivity index (χ2v) is 8.68. The van der Waals surface area contributed by atoms with Gasteiger partial charge >= 0.3 is 0 Å². The molecule has 0 saturated carbocycles. The highest BCUT2D eigenvalue weighted by Gasteiger charge is 2.18. The zero-order valence-corrected chi connectivity index (χ0v) is 16.6. The lowest BCUT2D eigenvalue weighted by Crippen LogP contribution is -2.13. The highest BCUT2D eigenvalue weighted by Crippen LogP contribution is 2.24. The monoisotopic (exact) mass is 382 g/mol. The molecule has 3 rings (SSSR count). The number of benzene rings is 2. The molecule has 1 heterocycles. The highest BCUT2D eigenvalue weighted by atomic mass is 32.2. The molecule has 0 aliphatic heterocycles. The maximum atomic E-state index is 12.8. The highest BCUT2D eigenvalue weighted by molar-refractivity contribution is 7.90. The van der Waals surface area contributed by atoms with Crippen molar-refractivity contribution in [3.8, 4) is 5.69 Å². The maximum absolute atomic E-state index is 12.8. The van der Waals surface area contributed by atoms with E-state index in [0.717, 1.165) is 28.9 Å². The number of sulfone groups is 1. The summed E-state index contributed by atoms with van der Waals surface area (Å²) in [4.78, 5) is 13.0. The number of carbonyl (C=O) groups excluding carboxylic acids is 1. The van der Waals surface area contributed by atoms with Crippen LogP contribution in [-0.4, -0.2) is 25.1 Å². The number of carbonyl (C=O) groups is 1. The van der Waals surface area contributed by atoms with Crippen LogP contribution < -0.4 is 5.32 Å². The Morgan fingerprint density at radius 3 is 2.33 bits per heavy atom. The molecule has 140 valence electrons. The Bertz CT molecular complexity index is 1130. The van der Waals surface area contributed by atoms with Gasteiger partial charge in [0, 0.05) is 29.0 Å². The first kappa shape index (κ1) is 18.9. The van der Waals surface area contributed by atoms with E-state index in [-0.39, 0.29) is 10.8 Å². The number of aromatic nitrogens is 1. The molecule has 0 aliphatic rings. The Kier molecular flexibility index (Phi) is 4.93. The van der Waals surface area contributed by atoms with E-state index < -0.39 is 9.84 Å². The summed E-state index contributed by atoms with van der Waals surface area (Å²) in [5.41, 5.74) is 4.94. The van der Waals surface area contributed by atoms with Crippen LogP contribution in [0.1, 0.15) is 27.3 Å². The molecule has 0 bridgehead atoms. The number of nitrogens with one attached hydrogen (secondary N) is 1. The molecule has 5 nitrogen and oxygen atoms in total. The normalized spacial score (nSPS) is 11.4. The first-order valence-corrected chi connectivity index (χ1v) is 10.4. The molecule has 2 aromatic carbocycles. The first-order chi connectivity index (χ1) is 12.7. The summed E-state index contributed by atoms with van der Waals surface area (Å²) in [5, 5.41) is 2.80. The van der Waals surface area contributed by atoms with Crippen LogP contribution in [0, 0.1) is 20.8 Å². The summed E-state index contributed by atoms with van der Waals surface area (Å²) in [7, 11) is -3.33. The van der Waals surface area contributed by atoms with E-state index in [2.05, 4.69) is 9.88 Å². The smallest absolute Gasteiger partial charge is 0.257 e. The number of nitrogens with zero attached hydrogens (tertiary/aromatic N) is 1. The van der Waals surface area contributed by atoms with Crippen molar-refractivity contribution in [1.29, 1.82) is 0 Å². The molecule has 0 spiro atoms. The van der Waals surface area contributed by atoms with Crippen molar-refractivity contribution >= 4 is 21.4 Å². The Balaban J connectivity index is 1.96. The molecular weight excluding hydrogens is 360 g/mol. The number of hydrogen-bond donors (Lipinski definition) is 1. The van der Waals surface area contributed by atoms with Gasteiger partial charge in [-0.1, -0.05) is 24.3 Å². The molecule has 27 heavy (non-hydrogen) atoms. The predicted molar refractivity (Wildman–Crippen MR) is 107 cm³/mol. The van der Waals surface area contributed by atoms with Gasteiger partial charge < -0.3 is 9.88 Å². The fraction of sp³-hybridized carbons (Fsp3) is 0.190. The Hall–Kier alpha value is -2.86. The number of para-hydroxylation sites is 1. The number of amides is 1. The lowest BCUT2D eigenvalue weighted by atomic mass is 10.2. The summed E-state index contributed by atoms with van der Waals surface area (Å²) in [6, 6.07) is 16.1.